The molecule has 0 fully saturated rings. The van der Waals surface area contributed by atoms with Crippen molar-refractivity contribution in [1.29, 1.82) is 0 Å². The zero-order valence-corrected chi connectivity index (χ0v) is 20.7. The van der Waals surface area contributed by atoms with Crippen molar-refractivity contribution in [1.82, 2.24) is 10.3 Å². The van der Waals surface area contributed by atoms with Crippen molar-refractivity contribution >= 4 is 56.3 Å². The highest BCUT2D eigenvalue weighted by Crippen LogP contribution is 2.36. The Labute approximate surface area is 209 Å². The second-order valence-electron chi connectivity index (χ2n) is 7.07. The van der Waals surface area contributed by atoms with Crippen molar-refractivity contribution in [3.8, 4) is 11.5 Å². The molecule has 1 heterocycles. The van der Waals surface area contributed by atoms with Gasteiger partial charge in [0.2, 0.25) is 0 Å². The summed E-state index contributed by atoms with van der Waals surface area (Å²) < 4.78 is 47.8. The third kappa shape index (κ3) is 7.28. The molecule has 3 aromatic rings. The summed E-state index contributed by atoms with van der Waals surface area (Å²) in [6, 6.07) is 6.82. The lowest BCUT2D eigenvalue weighted by atomic mass is 10.1. The van der Waals surface area contributed by atoms with Gasteiger partial charge in [0.05, 0.1) is 17.1 Å². The number of anilines is 1. The number of sulfonamides is 1. The van der Waals surface area contributed by atoms with Gasteiger partial charge in [0.15, 0.2) is 5.82 Å². The van der Waals surface area contributed by atoms with Crippen molar-refractivity contribution in [2.75, 3.05) is 17.8 Å². The van der Waals surface area contributed by atoms with Gasteiger partial charge < -0.3 is 15.2 Å². The van der Waals surface area contributed by atoms with Crippen LogP contribution in [0.4, 0.5) is 10.2 Å². The van der Waals surface area contributed by atoms with Gasteiger partial charge in [-0.2, -0.15) is 0 Å². The van der Waals surface area contributed by atoms with E-state index in [0.717, 1.165) is 17.7 Å². The van der Waals surface area contributed by atoms with Gasteiger partial charge in [-0.3, -0.25) is 9.52 Å². The smallest absolute Gasteiger partial charge is 0.317 e. The Morgan fingerprint density at radius 3 is 2.68 bits per heavy atom. The highest BCUT2D eigenvalue weighted by molar-refractivity contribution is 7.92. The summed E-state index contributed by atoms with van der Waals surface area (Å²) in [6.45, 7) is 0.422. The topological polar surface area (TPSA) is 118 Å². The molecule has 0 radical (unpaired) electrons. The van der Waals surface area contributed by atoms with Crippen molar-refractivity contribution in [2.45, 2.75) is 24.2 Å². The summed E-state index contributed by atoms with van der Waals surface area (Å²) in [5.41, 5.74) is 2.18. The first-order chi connectivity index (χ1) is 16.2. The zero-order valence-electron chi connectivity index (χ0n) is 17.6. The molecule has 0 amide bonds. The molecule has 8 nitrogen and oxygen atoms in total. The fourth-order valence-corrected chi connectivity index (χ4v) is 5.08. The predicted octanol–water partition coefficient (Wildman–Crippen LogP) is 5.18. The van der Waals surface area contributed by atoms with E-state index in [4.69, 9.17) is 33.0 Å². The lowest BCUT2D eigenvalue weighted by molar-refractivity contribution is -0.135. The maximum atomic E-state index is 14.8. The summed E-state index contributed by atoms with van der Waals surface area (Å²) in [6.07, 6.45) is 1.99. The molecule has 3 N–H and O–H groups in total. The van der Waals surface area contributed by atoms with Crippen LogP contribution in [0.2, 0.25) is 10.0 Å². The van der Waals surface area contributed by atoms with E-state index in [1.54, 1.807) is 18.2 Å². The van der Waals surface area contributed by atoms with Crippen molar-refractivity contribution in [2.24, 2.45) is 0 Å². The average Bonchev–Trinajstić information content (AvgIpc) is 3.26. The molecule has 34 heavy (non-hydrogen) atoms. The molecule has 0 atom stereocenters. The Hall–Kier alpha value is -2.44. The molecule has 0 spiro atoms. The minimum atomic E-state index is -4.25. The third-order valence-corrected chi connectivity index (χ3v) is 7.00. The molecule has 0 saturated carbocycles. The van der Waals surface area contributed by atoms with E-state index < -0.39 is 26.7 Å². The lowest BCUT2D eigenvalue weighted by Gasteiger charge is -2.14. The Morgan fingerprint density at radius 2 is 1.97 bits per heavy atom. The Bertz CT molecular complexity index is 1260. The molecule has 13 heteroatoms. The first-order valence-corrected chi connectivity index (χ1v) is 13.1. The van der Waals surface area contributed by atoms with Gasteiger partial charge in [0, 0.05) is 16.5 Å². The van der Waals surface area contributed by atoms with E-state index in [-0.39, 0.29) is 23.1 Å². The van der Waals surface area contributed by atoms with Gasteiger partial charge in [-0.25, -0.2) is 17.8 Å². The Morgan fingerprint density at radius 1 is 1.18 bits per heavy atom. The zero-order chi connectivity index (χ0) is 24.7. The number of carbonyl (C=O) groups is 1. The van der Waals surface area contributed by atoms with Crippen LogP contribution < -0.4 is 14.8 Å². The molecule has 0 aliphatic heterocycles. The van der Waals surface area contributed by atoms with Crippen molar-refractivity contribution in [3.63, 3.8) is 0 Å². The molecule has 2 aromatic carbocycles. The van der Waals surface area contributed by atoms with Gasteiger partial charge in [0.25, 0.3) is 10.0 Å². The van der Waals surface area contributed by atoms with Crippen molar-refractivity contribution in [3.05, 3.63) is 62.6 Å². The summed E-state index contributed by atoms with van der Waals surface area (Å²) in [4.78, 5) is 13.7. The van der Waals surface area contributed by atoms with Crippen LogP contribution in [0.15, 0.2) is 46.1 Å². The molecule has 3 rings (SSSR count). The number of hydrogen-bond acceptors (Lipinski definition) is 7. The van der Waals surface area contributed by atoms with Gasteiger partial charge >= 0.3 is 5.97 Å². The molecule has 1 aromatic heterocycles. The van der Waals surface area contributed by atoms with Crippen LogP contribution in [-0.2, 0) is 21.2 Å². The number of rotatable bonds is 12. The highest BCUT2D eigenvalue weighted by atomic mass is 35.5. The largest absolute Gasteiger partial charge is 0.480 e. The van der Waals surface area contributed by atoms with Crippen LogP contribution in [0.5, 0.6) is 11.5 Å². The summed E-state index contributed by atoms with van der Waals surface area (Å²) in [7, 11) is -4.25. The number of carboxylic acids is 1. The van der Waals surface area contributed by atoms with Crippen LogP contribution in [0, 0.1) is 5.82 Å². The van der Waals surface area contributed by atoms with Crippen molar-refractivity contribution < 1.29 is 27.4 Å². The first-order valence-electron chi connectivity index (χ1n) is 9.94. The number of aryl methyl sites for hydroxylation is 1. The predicted molar refractivity (Wildman–Crippen MR) is 129 cm³/mol. The van der Waals surface area contributed by atoms with Crippen LogP contribution in [0.3, 0.4) is 0 Å². The molecule has 0 aliphatic rings. The molecular formula is C21H20Cl2FN3O5S2. The standard InChI is InChI=1S/C21H20Cl2FN3O5S2/c22-14-4-5-17(13(7-14)3-1-2-6-25-10-21(28)29)32-18-9-16(24)19(8-15(18)23)34(30,31)27-20-11-33-12-26-20/h4-5,7-9,11-12,25,27H,1-3,6,10H2,(H,28,29). The lowest BCUT2D eigenvalue weighted by Crippen LogP contribution is -2.23. The summed E-state index contributed by atoms with van der Waals surface area (Å²) in [5.74, 6) is -1.56. The third-order valence-electron chi connectivity index (χ3n) is 4.52. The van der Waals surface area contributed by atoms with E-state index in [9.17, 15) is 17.6 Å². The average molecular weight is 548 g/mol. The van der Waals surface area contributed by atoms with E-state index >= 15 is 0 Å². The maximum Gasteiger partial charge on any atom is 0.317 e. The number of benzene rings is 2. The molecular weight excluding hydrogens is 528 g/mol. The number of aliphatic carboxylic acids is 1. The fourth-order valence-electron chi connectivity index (χ4n) is 2.97. The SMILES string of the molecule is O=C(O)CNCCCCc1cc(Cl)ccc1Oc1cc(F)c(S(=O)(=O)Nc2cscn2)cc1Cl. The second kappa shape index (κ2) is 11.8. The monoisotopic (exact) mass is 547 g/mol. The number of hydrogen-bond donors (Lipinski definition) is 3. The van der Waals surface area contributed by atoms with Gasteiger partial charge in [-0.1, -0.05) is 23.2 Å². The van der Waals surface area contributed by atoms with Gasteiger partial charge in [-0.05, 0) is 55.6 Å². The van der Waals surface area contributed by atoms with Crippen LogP contribution in [0.1, 0.15) is 18.4 Å². The second-order valence-corrected chi connectivity index (χ2v) is 10.3. The molecule has 182 valence electrons. The first kappa shape index (κ1) is 26.2. The highest BCUT2D eigenvalue weighted by Gasteiger charge is 2.23. The van der Waals surface area contributed by atoms with Crippen LogP contribution in [-0.4, -0.2) is 37.6 Å². The Balaban J connectivity index is 1.74. The van der Waals surface area contributed by atoms with Gasteiger partial charge in [-0.15, -0.1) is 11.3 Å². The molecule has 0 bridgehead atoms. The molecule has 0 aliphatic carbocycles. The van der Waals surface area contributed by atoms with Crippen LogP contribution in [0.25, 0.3) is 0 Å². The van der Waals surface area contributed by atoms with Gasteiger partial charge in [0.1, 0.15) is 22.2 Å². The molecule has 0 unspecified atom stereocenters. The number of nitrogens with zero attached hydrogens (tertiary/aromatic N) is 1. The number of aromatic nitrogens is 1. The number of halogens is 3. The fraction of sp³-hybridized carbons (Fsp3) is 0.238. The molecule has 0 saturated heterocycles. The summed E-state index contributed by atoms with van der Waals surface area (Å²) >= 11 is 13.5. The maximum absolute atomic E-state index is 14.8. The van der Waals surface area contributed by atoms with Crippen LogP contribution >= 0.6 is 34.5 Å². The number of unbranched alkanes of at least 4 members (excludes halogenated alkanes) is 1. The quantitative estimate of drug-likeness (QED) is 0.267. The minimum absolute atomic E-state index is 0.0570. The summed E-state index contributed by atoms with van der Waals surface area (Å²) in [5, 5.41) is 13.3. The number of nitrogens with one attached hydrogen (secondary N) is 2. The Kier molecular flexibility index (Phi) is 9.09. The number of thiazole rings is 1. The van der Waals surface area contributed by atoms with E-state index in [2.05, 4.69) is 15.0 Å². The van der Waals surface area contributed by atoms with E-state index in [1.807, 2.05) is 0 Å². The number of ether oxygens (including phenoxy) is 1. The normalized spacial score (nSPS) is 11.4. The number of carboxylic acid groups (broad SMARTS) is 1. The van der Waals surface area contributed by atoms with E-state index in [1.165, 1.54) is 22.2 Å². The minimum Gasteiger partial charge on any atom is -0.480 e. The van der Waals surface area contributed by atoms with E-state index in [0.29, 0.717) is 36.6 Å².